The van der Waals surface area contributed by atoms with Gasteiger partial charge in [-0.25, -0.2) is 0 Å². The van der Waals surface area contributed by atoms with E-state index in [1.165, 1.54) is 0 Å². The van der Waals surface area contributed by atoms with Crippen LogP contribution < -0.4 is 11.5 Å². The fourth-order valence-corrected chi connectivity index (χ4v) is 1.60. The van der Waals surface area contributed by atoms with Gasteiger partial charge in [0.05, 0.1) is 0 Å². The van der Waals surface area contributed by atoms with Crippen LogP contribution in [0.4, 0.5) is 0 Å². The maximum absolute atomic E-state index is 5.94. The lowest BCUT2D eigenvalue weighted by Crippen LogP contribution is -2.63. The van der Waals surface area contributed by atoms with E-state index in [9.17, 15) is 0 Å². The second-order valence-corrected chi connectivity index (χ2v) is 5.09. The van der Waals surface area contributed by atoms with Gasteiger partial charge in [-0.05, 0) is 6.92 Å². The van der Waals surface area contributed by atoms with E-state index in [0.29, 0.717) is 0 Å². The van der Waals surface area contributed by atoms with Crippen LogP contribution in [0.5, 0.6) is 0 Å². The fraction of sp³-hybridized carbons (Fsp3) is 1.00. The molecule has 1 aliphatic heterocycles. The molecule has 0 amide bonds. The van der Waals surface area contributed by atoms with Crippen molar-refractivity contribution in [3.05, 3.63) is 0 Å². The normalized spacial score (nSPS) is 32.1. The first-order chi connectivity index (χ1) is 6.34. The van der Waals surface area contributed by atoms with E-state index in [-0.39, 0.29) is 17.6 Å². The van der Waals surface area contributed by atoms with E-state index in [1.807, 2.05) is 6.92 Å². The van der Waals surface area contributed by atoms with Crippen LogP contribution in [0.15, 0.2) is 0 Å². The van der Waals surface area contributed by atoms with Gasteiger partial charge in [0.15, 0.2) is 5.79 Å². The van der Waals surface area contributed by atoms with Crippen molar-refractivity contribution in [2.75, 3.05) is 13.1 Å². The highest BCUT2D eigenvalue weighted by molar-refractivity contribution is 4.89. The molecule has 1 rings (SSSR count). The fourth-order valence-electron chi connectivity index (χ4n) is 1.60. The highest BCUT2D eigenvalue weighted by atomic mass is 16.8. The topological polar surface area (TPSA) is 73.7 Å². The Balaban J connectivity index is 2.78. The van der Waals surface area contributed by atoms with Crippen molar-refractivity contribution in [2.45, 2.75) is 45.7 Å². The molecule has 1 aliphatic rings. The Morgan fingerprint density at radius 1 is 1.07 bits per heavy atom. The summed E-state index contributed by atoms with van der Waals surface area (Å²) in [6.07, 6.45) is 0.188. The van der Waals surface area contributed by atoms with Gasteiger partial charge in [-0.3, -0.25) is 0 Å². The van der Waals surface area contributed by atoms with Crippen LogP contribution in [0, 0.1) is 5.41 Å². The van der Waals surface area contributed by atoms with E-state index in [4.69, 9.17) is 9.47 Å². The highest BCUT2D eigenvalue weighted by Crippen LogP contribution is 2.41. The van der Waals surface area contributed by atoms with Crippen LogP contribution in [-0.4, -0.2) is 31.1 Å². The largest absolute Gasteiger partial charge is 0.355 e. The maximum atomic E-state index is 5.94. The molecule has 2 atom stereocenters. The molecule has 0 spiro atoms. The number of ether oxygens (including phenoxy) is 2. The highest BCUT2D eigenvalue weighted by Gasteiger charge is 2.51. The zero-order valence-corrected chi connectivity index (χ0v) is 9.80. The molecule has 4 nitrogen and oxygen atoms in total. The van der Waals surface area contributed by atoms with Gasteiger partial charge in [-0.2, -0.15) is 0 Å². The lowest BCUT2D eigenvalue weighted by atomic mass is 9.87. The second-order valence-electron chi connectivity index (χ2n) is 5.09. The molecule has 4 heteroatoms. The Morgan fingerprint density at radius 3 is 1.64 bits per heavy atom. The number of hydrogen-bond donors (Lipinski definition) is 2. The molecular formula is C10H24N2O2+2. The first-order valence-electron chi connectivity index (χ1n) is 5.28. The summed E-state index contributed by atoms with van der Waals surface area (Å²) >= 11 is 0. The van der Waals surface area contributed by atoms with Crippen molar-refractivity contribution < 1.29 is 20.9 Å². The third-order valence-electron chi connectivity index (χ3n) is 3.10. The van der Waals surface area contributed by atoms with Crippen LogP contribution >= 0.6 is 0 Å². The summed E-state index contributed by atoms with van der Waals surface area (Å²) in [4.78, 5) is 0. The smallest absolute Gasteiger partial charge is 0.171 e. The maximum Gasteiger partial charge on any atom is 0.171 e. The zero-order valence-electron chi connectivity index (χ0n) is 9.80. The van der Waals surface area contributed by atoms with Crippen molar-refractivity contribution in [1.29, 1.82) is 0 Å². The molecule has 84 valence electrons. The summed E-state index contributed by atoms with van der Waals surface area (Å²) in [7, 11) is 0. The number of quaternary nitrogens is 2. The lowest BCUT2D eigenvalue weighted by molar-refractivity contribution is -0.404. The van der Waals surface area contributed by atoms with Crippen LogP contribution in [-0.2, 0) is 9.47 Å². The van der Waals surface area contributed by atoms with E-state index < -0.39 is 5.79 Å². The van der Waals surface area contributed by atoms with Gasteiger partial charge < -0.3 is 20.9 Å². The molecule has 1 saturated heterocycles. The SMILES string of the molecule is CC(C)(C)C1(C)O[C@@H](C[NH3+])[C@H](C[NH3+])O1. The molecule has 0 unspecified atom stereocenters. The van der Waals surface area contributed by atoms with Crippen molar-refractivity contribution in [2.24, 2.45) is 5.41 Å². The predicted octanol–water partition coefficient (Wildman–Crippen LogP) is -0.983. The van der Waals surface area contributed by atoms with Crippen LogP contribution in [0.3, 0.4) is 0 Å². The molecule has 0 aromatic heterocycles. The van der Waals surface area contributed by atoms with E-state index >= 15 is 0 Å². The van der Waals surface area contributed by atoms with E-state index in [1.54, 1.807) is 0 Å². The Kier molecular flexibility index (Phi) is 3.21. The summed E-state index contributed by atoms with van der Waals surface area (Å²) in [5.41, 5.74) is 7.74. The standard InChI is InChI=1S/C10H22N2O2/c1-9(2,3)10(4)13-7(5-11)8(6-12)14-10/h7-8H,5-6,11-12H2,1-4H3/p+2/t7-,8-/m0/s1. The molecule has 0 radical (unpaired) electrons. The van der Waals surface area contributed by atoms with Crippen molar-refractivity contribution >= 4 is 0 Å². The molecule has 14 heavy (non-hydrogen) atoms. The summed E-state index contributed by atoms with van der Waals surface area (Å²) in [6, 6.07) is 0. The lowest BCUT2D eigenvalue weighted by Gasteiger charge is -2.36. The number of rotatable bonds is 2. The van der Waals surface area contributed by atoms with Gasteiger partial charge in [-0.1, -0.05) is 20.8 Å². The minimum absolute atomic E-state index is 0.0235. The second kappa shape index (κ2) is 3.77. The quantitative estimate of drug-likeness (QED) is 0.606. The molecule has 0 saturated carbocycles. The first-order valence-corrected chi connectivity index (χ1v) is 5.28. The summed E-state index contributed by atoms with van der Waals surface area (Å²) < 4.78 is 11.9. The van der Waals surface area contributed by atoms with Gasteiger partial charge in [0.2, 0.25) is 0 Å². The first kappa shape index (κ1) is 11.9. The van der Waals surface area contributed by atoms with Gasteiger partial charge in [-0.15, -0.1) is 0 Å². The molecule has 0 aromatic rings. The molecule has 0 aromatic carbocycles. The zero-order chi connectivity index (χ0) is 11.0. The van der Waals surface area contributed by atoms with Crippen LogP contribution in [0.25, 0.3) is 0 Å². The van der Waals surface area contributed by atoms with E-state index in [0.717, 1.165) is 13.1 Å². The summed E-state index contributed by atoms with van der Waals surface area (Å²) in [5.74, 6) is -0.502. The Bertz CT molecular complexity index is 189. The van der Waals surface area contributed by atoms with Gasteiger partial charge in [0.25, 0.3) is 0 Å². The molecule has 0 bridgehead atoms. The monoisotopic (exact) mass is 204 g/mol. The molecule has 0 aliphatic carbocycles. The van der Waals surface area contributed by atoms with Gasteiger partial charge in [0, 0.05) is 5.41 Å². The summed E-state index contributed by atoms with van der Waals surface area (Å²) in [6.45, 7) is 9.86. The van der Waals surface area contributed by atoms with Gasteiger partial charge in [0.1, 0.15) is 25.3 Å². The van der Waals surface area contributed by atoms with Crippen LogP contribution in [0.2, 0.25) is 0 Å². The molecular weight excluding hydrogens is 180 g/mol. The average molecular weight is 204 g/mol. The third kappa shape index (κ3) is 1.93. The van der Waals surface area contributed by atoms with E-state index in [2.05, 4.69) is 32.2 Å². The molecule has 1 heterocycles. The average Bonchev–Trinajstić information content (AvgIpc) is 2.42. The Labute approximate surface area is 85.9 Å². The molecule has 6 N–H and O–H groups in total. The van der Waals surface area contributed by atoms with Crippen molar-refractivity contribution in [1.82, 2.24) is 0 Å². The van der Waals surface area contributed by atoms with Crippen molar-refractivity contribution in [3.63, 3.8) is 0 Å². The Morgan fingerprint density at radius 2 is 1.43 bits per heavy atom. The minimum Gasteiger partial charge on any atom is -0.355 e. The molecule has 1 fully saturated rings. The van der Waals surface area contributed by atoms with Crippen LogP contribution in [0.1, 0.15) is 27.7 Å². The van der Waals surface area contributed by atoms with Gasteiger partial charge >= 0.3 is 0 Å². The number of hydrogen-bond acceptors (Lipinski definition) is 2. The minimum atomic E-state index is -0.502. The third-order valence-corrected chi connectivity index (χ3v) is 3.10. The Hall–Kier alpha value is -0.160. The summed E-state index contributed by atoms with van der Waals surface area (Å²) in [5, 5.41) is 0. The van der Waals surface area contributed by atoms with Crippen molar-refractivity contribution in [3.8, 4) is 0 Å². The predicted molar refractivity (Wildman–Crippen MR) is 53.1 cm³/mol.